The first-order valence-corrected chi connectivity index (χ1v) is 2.39. The number of hydrazine groups is 1. The van der Waals surface area contributed by atoms with Crippen molar-refractivity contribution in [3.8, 4) is 0 Å². The summed E-state index contributed by atoms with van der Waals surface area (Å²) in [5.41, 5.74) is 2.70. The standard InChI is InChI=1S/C4H10N2.ClH/c5-6-4-2-1-3-4;/h4,6H,1-3,5H2;1H. The Kier molecular flexibility index (Phi) is 3.34. The molecule has 44 valence electrons. The van der Waals surface area contributed by atoms with E-state index in [9.17, 15) is 0 Å². The summed E-state index contributed by atoms with van der Waals surface area (Å²) in [6.45, 7) is 0. The van der Waals surface area contributed by atoms with Crippen LogP contribution in [0.2, 0.25) is 0 Å². The first-order chi connectivity index (χ1) is 2.93. The van der Waals surface area contributed by atoms with E-state index in [0.29, 0.717) is 6.04 Å². The van der Waals surface area contributed by atoms with Gasteiger partial charge in [0, 0.05) is 6.04 Å². The van der Waals surface area contributed by atoms with Gasteiger partial charge in [-0.05, 0) is 12.8 Å². The van der Waals surface area contributed by atoms with Gasteiger partial charge in [0.2, 0.25) is 0 Å². The zero-order valence-corrected chi connectivity index (χ0v) is 5.00. The van der Waals surface area contributed by atoms with Crippen molar-refractivity contribution in [1.82, 2.24) is 5.43 Å². The van der Waals surface area contributed by atoms with Gasteiger partial charge in [-0.15, -0.1) is 12.4 Å². The van der Waals surface area contributed by atoms with E-state index in [1.165, 1.54) is 19.3 Å². The van der Waals surface area contributed by atoms with Crippen LogP contribution in [-0.2, 0) is 0 Å². The van der Waals surface area contributed by atoms with Crippen LogP contribution in [0.4, 0.5) is 0 Å². The minimum Gasteiger partial charge on any atom is -0.271 e. The first kappa shape index (κ1) is 7.21. The number of hydrogen-bond acceptors (Lipinski definition) is 2. The average molecular weight is 123 g/mol. The molecule has 1 aliphatic rings. The molecule has 0 unspecified atom stereocenters. The van der Waals surface area contributed by atoms with Crippen molar-refractivity contribution in [3.05, 3.63) is 0 Å². The fraction of sp³-hybridized carbons (Fsp3) is 1.00. The van der Waals surface area contributed by atoms with Crippen molar-refractivity contribution in [2.75, 3.05) is 0 Å². The van der Waals surface area contributed by atoms with Crippen LogP contribution in [0.1, 0.15) is 19.3 Å². The molecule has 0 atom stereocenters. The maximum atomic E-state index is 5.08. The summed E-state index contributed by atoms with van der Waals surface area (Å²) in [7, 11) is 0. The SMILES string of the molecule is Cl.NNC1CCC1. The molecule has 3 N–H and O–H groups in total. The second-order valence-corrected chi connectivity index (χ2v) is 1.79. The molecule has 0 amide bonds. The molecule has 1 saturated carbocycles. The molecule has 0 aromatic rings. The summed E-state index contributed by atoms with van der Waals surface area (Å²) in [5.74, 6) is 5.08. The molecule has 0 aromatic carbocycles. The van der Waals surface area contributed by atoms with Gasteiger partial charge in [-0.1, -0.05) is 6.42 Å². The Labute approximate surface area is 49.8 Å². The number of halogens is 1. The molecule has 0 radical (unpaired) electrons. The zero-order chi connectivity index (χ0) is 4.41. The van der Waals surface area contributed by atoms with Crippen molar-refractivity contribution in [1.29, 1.82) is 0 Å². The molecule has 3 heteroatoms. The lowest BCUT2D eigenvalue weighted by Crippen LogP contribution is -2.39. The van der Waals surface area contributed by atoms with Crippen LogP contribution in [0.25, 0.3) is 0 Å². The van der Waals surface area contributed by atoms with E-state index in [-0.39, 0.29) is 12.4 Å². The van der Waals surface area contributed by atoms with E-state index in [1.807, 2.05) is 0 Å². The molecule has 1 fully saturated rings. The van der Waals surface area contributed by atoms with E-state index in [1.54, 1.807) is 0 Å². The van der Waals surface area contributed by atoms with Gasteiger partial charge < -0.3 is 0 Å². The summed E-state index contributed by atoms with van der Waals surface area (Å²) in [5, 5.41) is 0. The molecule has 0 aromatic heterocycles. The Morgan fingerprint density at radius 2 is 2.00 bits per heavy atom. The summed E-state index contributed by atoms with van der Waals surface area (Å²) in [6, 6.07) is 0.644. The molecule has 0 saturated heterocycles. The number of hydrogen-bond donors (Lipinski definition) is 2. The van der Waals surface area contributed by atoms with Crippen LogP contribution >= 0.6 is 12.4 Å². The van der Waals surface area contributed by atoms with Crippen molar-refractivity contribution < 1.29 is 0 Å². The van der Waals surface area contributed by atoms with E-state index in [4.69, 9.17) is 5.84 Å². The van der Waals surface area contributed by atoms with Gasteiger partial charge in [0.05, 0.1) is 0 Å². The lowest BCUT2D eigenvalue weighted by molar-refractivity contribution is 0.345. The highest BCUT2D eigenvalue weighted by Gasteiger charge is 2.13. The third-order valence-corrected chi connectivity index (χ3v) is 1.34. The summed E-state index contributed by atoms with van der Waals surface area (Å²) < 4.78 is 0. The third kappa shape index (κ3) is 1.63. The van der Waals surface area contributed by atoms with Crippen LogP contribution in [-0.4, -0.2) is 6.04 Å². The normalized spacial score (nSPS) is 20.1. The lowest BCUT2D eigenvalue weighted by Gasteiger charge is -2.23. The highest BCUT2D eigenvalue weighted by atomic mass is 35.5. The minimum atomic E-state index is 0. The van der Waals surface area contributed by atoms with E-state index >= 15 is 0 Å². The fourth-order valence-electron chi connectivity index (χ4n) is 0.575. The highest BCUT2D eigenvalue weighted by molar-refractivity contribution is 5.85. The maximum Gasteiger partial charge on any atom is 0.0210 e. The smallest absolute Gasteiger partial charge is 0.0210 e. The quantitative estimate of drug-likeness (QED) is 0.391. The molecule has 2 nitrogen and oxygen atoms in total. The van der Waals surface area contributed by atoms with E-state index in [2.05, 4.69) is 5.43 Å². The summed E-state index contributed by atoms with van der Waals surface area (Å²) in [4.78, 5) is 0. The average Bonchev–Trinajstić information content (AvgIpc) is 1.31. The van der Waals surface area contributed by atoms with Crippen molar-refractivity contribution in [2.24, 2.45) is 5.84 Å². The molecule has 0 heterocycles. The van der Waals surface area contributed by atoms with Crippen molar-refractivity contribution >= 4 is 12.4 Å². The topological polar surface area (TPSA) is 38.0 Å². The summed E-state index contributed by atoms with van der Waals surface area (Å²) in [6.07, 6.45) is 3.90. The van der Waals surface area contributed by atoms with Crippen molar-refractivity contribution in [3.63, 3.8) is 0 Å². The second-order valence-electron chi connectivity index (χ2n) is 1.79. The molecule has 1 aliphatic carbocycles. The molecule has 0 aliphatic heterocycles. The lowest BCUT2D eigenvalue weighted by atomic mass is 9.94. The molecule has 0 spiro atoms. The van der Waals surface area contributed by atoms with E-state index < -0.39 is 0 Å². The molecule has 0 bridgehead atoms. The highest BCUT2D eigenvalue weighted by Crippen LogP contribution is 2.16. The van der Waals surface area contributed by atoms with Gasteiger partial charge in [0.25, 0.3) is 0 Å². The molecular weight excluding hydrogens is 112 g/mol. The van der Waals surface area contributed by atoms with Gasteiger partial charge in [-0.2, -0.15) is 0 Å². The molecule has 1 rings (SSSR count). The van der Waals surface area contributed by atoms with Crippen LogP contribution in [0.5, 0.6) is 0 Å². The van der Waals surface area contributed by atoms with Crippen molar-refractivity contribution in [2.45, 2.75) is 25.3 Å². The Balaban J connectivity index is 0.000000360. The Hall–Kier alpha value is 0.210. The number of nitrogens with two attached hydrogens (primary N) is 1. The monoisotopic (exact) mass is 122 g/mol. The predicted molar refractivity (Wildman–Crippen MR) is 32.2 cm³/mol. The van der Waals surface area contributed by atoms with Gasteiger partial charge in [-0.25, -0.2) is 0 Å². The number of rotatable bonds is 1. The third-order valence-electron chi connectivity index (χ3n) is 1.34. The second kappa shape index (κ2) is 3.24. The van der Waals surface area contributed by atoms with Gasteiger partial charge in [0.1, 0.15) is 0 Å². The summed E-state index contributed by atoms with van der Waals surface area (Å²) >= 11 is 0. The van der Waals surface area contributed by atoms with Crippen LogP contribution in [0.3, 0.4) is 0 Å². The van der Waals surface area contributed by atoms with Gasteiger partial charge >= 0.3 is 0 Å². The Morgan fingerprint density at radius 3 is 2.00 bits per heavy atom. The fourth-order valence-corrected chi connectivity index (χ4v) is 0.575. The van der Waals surface area contributed by atoms with Crippen LogP contribution in [0, 0.1) is 0 Å². The molecular formula is C4H11ClN2. The van der Waals surface area contributed by atoms with Gasteiger partial charge in [0.15, 0.2) is 0 Å². The largest absolute Gasteiger partial charge is 0.271 e. The number of nitrogens with one attached hydrogen (secondary N) is 1. The Morgan fingerprint density at radius 1 is 1.43 bits per heavy atom. The van der Waals surface area contributed by atoms with E-state index in [0.717, 1.165) is 0 Å². The Bertz CT molecular complexity index is 42.2. The van der Waals surface area contributed by atoms with Gasteiger partial charge in [-0.3, -0.25) is 11.3 Å². The zero-order valence-electron chi connectivity index (χ0n) is 4.18. The minimum absolute atomic E-state index is 0. The maximum absolute atomic E-state index is 5.08. The van der Waals surface area contributed by atoms with Crippen LogP contribution in [0.15, 0.2) is 0 Å². The molecule has 7 heavy (non-hydrogen) atoms. The first-order valence-electron chi connectivity index (χ1n) is 2.39. The predicted octanol–water partition coefficient (Wildman–Crippen LogP) is 0.424. The van der Waals surface area contributed by atoms with Crippen LogP contribution < -0.4 is 11.3 Å².